The van der Waals surface area contributed by atoms with Gasteiger partial charge in [-0.15, -0.1) is 20.3 Å². The predicted octanol–water partition coefficient (Wildman–Crippen LogP) is 0.322. The van der Waals surface area contributed by atoms with Crippen molar-refractivity contribution in [3.05, 3.63) is 47.2 Å². The van der Waals surface area contributed by atoms with Gasteiger partial charge in [0.15, 0.2) is 24.5 Å². The van der Waals surface area contributed by atoms with Gasteiger partial charge < -0.3 is 26.4 Å². The van der Waals surface area contributed by atoms with Gasteiger partial charge in [0, 0.05) is 5.38 Å². The highest BCUT2D eigenvalue weighted by Crippen LogP contribution is 2.34. The van der Waals surface area contributed by atoms with Crippen LogP contribution in [-0.4, -0.2) is 76.1 Å². The fraction of sp³-hybridized carbons (Fsp3) is 0.444. The molecule has 0 saturated carbocycles. The Hall–Kier alpha value is -4.10. The van der Waals surface area contributed by atoms with Crippen LogP contribution in [0.3, 0.4) is 0 Å². The van der Waals surface area contributed by atoms with Crippen LogP contribution in [-0.2, 0) is 49.1 Å². The second-order valence-corrected chi connectivity index (χ2v) is 13.1. The summed E-state index contributed by atoms with van der Waals surface area (Å²) in [7, 11) is -2.95. The van der Waals surface area contributed by atoms with Crippen LogP contribution >= 0.6 is 11.3 Å². The van der Waals surface area contributed by atoms with Gasteiger partial charge in [0.1, 0.15) is 23.6 Å². The van der Waals surface area contributed by atoms with Crippen LogP contribution in [0.25, 0.3) is 11.1 Å². The van der Waals surface area contributed by atoms with E-state index >= 15 is 0 Å². The van der Waals surface area contributed by atoms with Crippen LogP contribution in [0, 0.1) is 0 Å². The molecule has 16 nitrogen and oxygen atoms in total. The highest BCUT2D eigenvalue weighted by atomic mass is 32.3. The number of aryl methyl sites for hydroxylation is 3. The normalized spacial score (nSPS) is 19.4. The van der Waals surface area contributed by atoms with Crippen LogP contribution in [0.1, 0.15) is 37.9 Å². The van der Waals surface area contributed by atoms with Crippen LogP contribution in [0.5, 0.6) is 5.75 Å². The summed E-state index contributed by atoms with van der Waals surface area (Å²) in [6, 6.07) is 4.86. The average Bonchev–Trinajstić information content (AvgIpc) is 3.59. The summed E-state index contributed by atoms with van der Waals surface area (Å²) in [6.45, 7) is 4.39. The van der Waals surface area contributed by atoms with Crippen molar-refractivity contribution in [1.29, 1.82) is 0 Å². The van der Waals surface area contributed by atoms with Gasteiger partial charge in [-0.1, -0.05) is 11.2 Å². The molecule has 0 aliphatic carbocycles. The number of nitrogens with zero attached hydrogens (tertiary/aromatic N) is 5. The largest absolute Gasteiger partial charge is 0.486 e. The molecule has 0 bridgehead atoms. The average molecular weight is 664 g/mol. The van der Waals surface area contributed by atoms with Gasteiger partial charge in [-0.3, -0.25) is 14.1 Å². The maximum Gasteiger partial charge on any atom is 0.418 e. The van der Waals surface area contributed by atoms with E-state index in [4.69, 9.17) is 25.6 Å². The van der Waals surface area contributed by atoms with E-state index in [-0.39, 0.29) is 29.2 Å². The van der Waals surface area contributed by atoms with E-state index in [1.165, 1.54) is 19.2 Å². The number of nitrogens with two attached hydrogens (primary N) is 2. The zero-order valence-corrected chi connectivity index (χ0v) is 26.5. The summed E-state index contributed by atoms with van der Waals surface area (Å²) in [5.41, 5.74) is 13.2. The zero-order valence-electron chi connectivity index (χ0n) is 24.9. The molecular formula is C27H35N8O8S2+. The number of fused-ring (bicyclic) bond motifs is 1. The number of ether oxygens (including phenoxy) is 1. The standard InChI is InChI=1S/C27H34N8O8S2/c1-27(2)23(25(37)35(27)43-45(38,39)40)31-24(36)22(20-15-44-26(29)30-20)32-41-14-19-7-5-17-11-16(6-8-21(17)42-19)18-12-33(3)34(13-18)10-4-9-28/h6,8,11-13,15,19,23H,4-5,7,9-10,14,28H2,1-3H3,(H3-,29,30,31,36,38,39,40)/p+1/b32-22-/t19-,23?/m0/s1. The Morgan fingerprint density at radius 2 is 2.13 bits per heavy atom. The molecule has 1 aromatic carbocycles. The van der Waals surface area contributed by atoms with Gasteiger partial charge >= 0.3 is 10.4 Å². The highest BCUT2D eigenvalue weighted by Gasteiger charge is 2.58. The number of thiazole rings is 1. The third-order valence-electron chi connectivity index (χ3n) is 7.55. The number of hydroxylamine groups is 2. The number of carbonyl (C=O) groups is 2. The molecule has 18 heteroatoms. The number of oxime groups is 1. The lowest BCUT2D eigenvalue weighted by atomic mass is 9.84. The van der Waals surface area contributed by atoms with E-state index in [0.717, 1.165) is 53.2 Å². The Balaban J connectivity index is 1.23. The second kappa shape index (κ2) is 12.7. The first kappa shape index (κ1) is 32.3. The monoisotopic (exact) mass is 663 g/mol. The minimum absolute atomic E-state index is 0.0290. The molecule has 5 rings (SSSR count). The molecule has 0 spiro atoms. The topological polar surface area (TPSA) is 218 Å². The van der Waals surface area contributed by atoms with Crippen molar-refractivity contribution in [3.8, 4) is 16.9 Å². The third kappa shape index (κ3) is 7.09. The van der Waals surface area contributed by atoms with Gasteiger partial charge in [0.2, 0.25) is 6.20 Å². The highest BCUT2D eigenvalue weighted by molar-refractivity contribution is 7.80. The number of amides is 2. The van der Waals surface area contributed by atoms with Crippen LogP contribution < -0.4 is 26.2 Å². The van der Waals surface area contributed by atoms with Crippen molar-refractivity contribution in [2.75, 3.05) is 18.9 Å². The Kier molecular flexibility index (Phi) is 9.13. The van der Waals surface area contributed by atoms with Gasteiger partial charge in [-0.2, -0.15) is 18.2 Å². The Morgan fingerprint density at radius 3 is 2.80 bits per heavy atom. The summed E-state index contributed by atoms with van der Waals surface area (Å²) < 4.78 is 45.8. The van der Waals surface area contributed by atoms with E-state index in [2.05, 4.69) is 42.9 Å². The summed E-state index contributed by atoms with van der Waals surface area (Å²) in [4.78, 5) is 35.4. The maximum atomic E-state index is 13.2. The second-order valence-electron chi connectivity index (χ2n) is 11.2. The quantitative estimate of drug-likeness (QED) is 0.0680. The number of hydrogen-bond donors (Lipinski definition) is 4. The number of anilines is 1. The fourth-order valence-corrected chi connectivity index (χ4v) is 6.13. The molecule has 2 amide bonds. The number of nitrogens with one attached hydrogen (secondary N) is 1. The third-order valence-corrected chi connectivity index (χ3v) is 8.56. The molecule has 4 heterocycles. The van der Waals surface area contributed by atoms with Crippen LogP contribution in [0.15, 0.2) is 41.1 Å². The molecular weight excluding hydrogens is 628 g/mol. The molecule has 242 valence electrons. The van der Waals surface area contributed by atoms with E-state index in [0.29, 0.717) is 18.0 Å². The number of β-lactam (4-membered cyclic amide) rings is 1. The lowest BCUT2D eigenvalue weighted by Gasteiger charge is -2.50. The molecule has 45 heavy (non-hydrogen) atoms. The van der Waals surface area contributed by atoms with Crippen LogP contribution in [0.4, 0.5) is 5.13 Å². The zero-order chi connectivity index (χ0) is 32.5. The molecule has 2 aliphatic heterocycles. The number of rotatable bonds is 12. The van der Waals surface area contributed by atoms with Gasteiger partial charge in [-0.25, -0.2) is 4.98 Å². The lowest BCUT2D eigenvalue weighted by Crippen LogP contribution is -2.76. The van der Waals surface area contributed by atoms with Gasteiger partial charge in [0.05, 0.1) is 23.8 Å². The molecule has 1 fully saturated rings. The SMILES string of the molecule is C[n+]1cc(-c2ccc3c(c2)CC[C@@H](CO/N=C(\C(=O)NC2C(=O)N(OS(=O)(=O)O)C2(C)C)c2csc(N)n2)O3)cn1CCCN. The smallest absolute Gasteiger partial charge is 0.418 e. The summed E-state index contributed by atoms with van der Waals surface area (Å²) in [5.74, 6) is -0.965. The Bertz CT molecular complexity index is 1740. The molecule has 1 unspecified atom stereocenters. The molecule has 2 aromatic heterocycles. The fourth-order valence-electron chi connectivity index (χ4n) is 5.13. The first-order chi connectivity index (χ1) is 21.3. The Labute approximate surface area is 263 Å². The van der Waals surface area contributed by atoms with Crippen molar-refractivity contribution >= 4 is 44.4 Å². The minimum atomic E-state index is -4.95. The van der Waals surface area contributed by atoms with Gasteiger partial charge in [0.25, 0.3) is 11.8 Å². The molecule has 6 N–H and O–H groups in total. The van der Waals surface area contributed by atoms with Gasteiger partial charge in [-0.05, 0) is 62.9 Å². The molecule has 2 atom stereocenters. The molecule has 2 aliphatic rings. The van der Waals surface area contributed by atoms with E-state index in [1.54, 1.807) is 0 Å². The van der Waals surface area contributed by atoms with Crippen molar-refractivity contribution in [2.45, 2.75) is 57.3 Å². The first-order valence-electron chi connectivity index (χ1n) is 14.1. The lowest BCUT2D eigenvalue weighted by molar-refractivity contribution is -0.753. The summed E-state index contributed by atoms with van der Waals surface area (Å²) in [5, 5.41) is 8.67. The number of carbonyl (C=O) groups excluding carboxylic acids is 2. The Morgan fingerprint density at radius 1 is 1.36 bits per heavy atom. The molecule has 1 saturated heterocycles. The van der Waals surface area contributed by atoms with Crippen molar-refractivity contribution < 1.29 is 41.1 Å². The van der Waals surface area contributed by atoms with Crippen molar-refractivity contribution in [1.82, 2.24) is 20.0 Å². The minimum Gasteiger partial charge on any atom is -0.486 e. The summed E-state index contributed by atoms with van der Waals surface area (Å²) >= 11 is 1.08. The molecule has 3 aromatic rings. The van der Waals surface area contributed by atoms with Crippen molar-refractivity contribution in [3.63, 3.8) is 0 Å². The number of benzene rings is 1. The first-order valence-corrected chi connectivity index (χ1v) is 16.3. The molecule has 0 radical (unpaired) electrons. The van der Waals surface area contributed by atoms with E-state index in [9.17, 15) is 18.0 Å². The maximum absolute atomic E-state index is 13.2. The number of nitrogen functional groups attached to an aromatic ring is 1. The van der Waals surface area contributed by atoms with E-state index in [1.807, 2.05) is 23.9 Å². The number of hydrogen-bond acceptors (Lipinski definition) is 12. The summed E-state index contributed by atoms with van der Waals surface area (Å²) in [6.07, 6.45) is 6.12. The number of aromatic nitrogens is 3. The van der Waals surface area contributed by atoms with Crippen molar-refractivity contribution in [2.24, 2.45) is 17.9 Å². The predicted molar refractivity (Wildman–Crippen MR) is 162 cm³/mol. The van der Waals surface area contributed by atoms with E-state index < -0.39 is 33.8 Å². The van der Waals surface area contributed by atoms with Crippen LogP contribution in [0.2, 0.25) is 0 Å².